The van der Waals surface area contributed by atoms with Gasteiger partial charge in [0.25, 0.3) is 0 Å². The Kier molecular flexibility index (Phi) is 10.9. The van der Waals surface area contributed by atoms with Crippen LogP contribution in [-0.4, -0.2) is 28.8 Å². The molecule has 1 atom stereocenters. The molecule has 0 bridgehead atoms. The van der Waals surface area contributed by atoms with Crippen LogP contribution in [0.2, 0.25) is 10.0 Å². The van der Waals surface area contributed by atoms with Gasteiger partial charge in [-0.2, -0.15) is 0 Å². The average molecular weight is 566 g/mol. The molecule has 39 heavy (non-hydrogen) atoms. The number of hydrogen-bond acceptors (Lipinski definition) is 2. The summed E-state index contributed by atoms with van der Waals surface area (Å²) in [5.74, 6) is -0.208. The van der Waals surface area contributed by atoms with E-state index in [0.29, 0.717) is 28.5 Å². The van der Waals surface area contributed by atoms with E-state index < -0.39 is 6.04 Å². The summed E-state index contributed by atoms with van der Waals surface area (Å²) in [4.78, 5) is 29.5. The van der Waals surface area contributed by atoms with Crippen LogP contribution in [0.4, 0.5) is 0 Å². The van der Waals surface area contributed by atoms with E-state index in [2.05, 4.69) is 36.5 Å². The predicted octanol–water partition coefficient (Wildman–Crippen LogP) is 7.58. The fourth-order valence-corrected chi connectivity index (χ4v) is 5.81. The highest BCUT2D eigenvalue weighted by atomic mass is 35.5. The van der Waals surface area contributed by atoms with Gasteiger partial charge in [-0.25, -0.2) is 0 Å². The van der Waals surface area contributed by atoms with Crippen molar-refractivity contribution >= 4 is 35.0 Å². The van der Waals surface area contributed by atoms with Gasteiger partial charge in [0.2, 0.25) is 11.8 Å². The summed E-state index contributed by atoms with van der Waals surface area (Å²) in [6.07, 6.45) is 7.65. The molecule has 1 fully saturated rings. The van der Waals surface area contributed by atoms with Gasteiger partial charge in [-0.15, -0.1) is 0 Å². The minimum atomic E-state index is -0.684. The van der Waals surface area contributed by atoms with Crippen molar-refractivity contribution in [1.29, 1.82) is 0 Å². The number of benzene rings is 3. The fourth-order valence-electron chi connectivity index (χ4n) is 5.29. The molecule has 0 radical (unpaired) electrons. The quantitative estimate of drug-likeness (QED) is 0.261. The van der Waals surface area contributed by atoms with Crippen LogP contribution in [0.1, 0.15) is 67.7 Å². The smallest absolute Gasteiger partial charge is 0.243 e. The molecule has 206 valence electrons. The predicted molar refractivity (Wildman–Crippen MR) is 160 cm³/mol. The molecule has 1 aliphatic rings. The Morgan fingerprint density at radius 1 is 0.846 bits per heavy atom. The SMILES string of the molecule is CCc1ccc(CCC(=O)N(Cc2c(Cl)cccc2Cl)[C@H](Cc2ccccc2)C(=O)NC2CCCCC2)cc1. The minimum absolute atomic E-state index is 0.0923. The van der Waals surface area contributed by atoms with Crippen molar-refractivity contribution in [2.75, 3.05) is 0 Å². The van der Waals surface area contributed by atoms with Crippen molar-refractivity contribution in [3.05, 3.63) is 105 Å². The van der Waals surface area contributed by atoms with E-state index in [1.54, 1.807) is 23.1 Å². The standard InChI is InChI=1S/C33H38Cl2N2O2/c1-2-24-16-18-25(19-17-24)20-21-32(38)37(23-28-29(34)14-9-15-30(28)35)31(22-26-10-5-3-6-11-26)33(39)36-27-12-7-4-8-13-27/h3,5-6,9-11,14-19,27,31H,2,4,7-8,12-13,20-23H2,1H3,(H,36,39)/t31-/m1/s1. The Hall–Kier alpha value is -2.82. The zero-order valence-electron chi connectivity index (χ0n) is 22.7. The first-order chi connectivity index (χ1) is 18.9. The molecule has 1 N–H and O–H groups in total. The fraction of sp³-hybridized carbons (Fsp3) is 0.394. The van der Waals surface area contributed by atoms with Crippen molar-refractivity contribution in [3.8, 4) is 0 Å². The van der Waals surface area contributed by atoms with Crippen LogP contribution in [0.25, 0.3) is 0 Å². The van der Waals surface area contributed by atoms with Gasteiger partial charge >= 0.3 is 0 Å². The first kappa shape index (κ1) is 29.2. The number of halogens is 2. The molecule has 0 heterocycles. The van der Waals surface area contributed by atoms with Gasteiger partial charge in [0.05, 0.1) is 0 Å². The van der Waals surface area contributed by atoms with E-state index in [-0.39, 0.29) is 30.8 Å². The van der Waals surface area contributed by atoms with Gasteiger partial charge < -0.3 is 10.2 Å². The maximum Gasteiger partial charge on any atom is 0.243 e. The number of nitrogens with one attached hydrogen (secondary N) is 1. The molecule has 2 amide bonds. The van der Waals surface area contributed by atoms with Gasteiger partial charge in [-0.1, -0.05) is 110 Å². The number of rotatable bonds is 11. The van der Waals surface area contributed by atoms with Crippen molar-refractivity contribution in [1.82, 2.24) is 10.2 Å². The van der Waals surface area contributed by atoms with Crippen LogP contribution < -0.4 is 5.32 Å². The summed E-state index contributed by atoms with van der Waals surface area (Å²) in [6, 6.07) is 23.1. The highest BCUT2D eigenvalue weighted by Crippen LogP contribution is 2.28. The van der Waals surface area contributed by atoms with Gasteiger partial charge in [0.1, 0.15) is 6.04 Å². The van der Waals surface area contributed by atoms with Crippen LogP contribution in [0.5, 0.6) is 0 Å². The molecule has 4 nitrogen and oxygen atoms in total. The third-order valence-corrected chi connectivity index (χ3v) is 8.38. The monoisotopic (exact) mass is 564 g/mol. The summed E-state index contributed by atoms with van der Waals surface area (Å²) in [6.45, 7) is 2.29. The molecule has 0 saturated heterocycles. The number of amides is 2. The van der Waals surface area contributed by atoms with Gasteiger partial charge in [-0.05, 0) is 54.5 Å². The van der Waals surface area contributed by atoms with Crippen LogP contribution in [-0.2, 0) is 35.4 Å². The van der Waals surface area contributed by atoms with Gasteiger partial charge in [0.15, 0.2) is 0 Å². The molecular weight excluding hydrogens is 527 g/mol. The lowest BCUT2D eigenvalue weighted by Crippen LogP contribution is -2.53. The second-order valence-corrected chi connectivity index (χ2v) is 11.3. The van der Waals surface area contributed by atoms with Crippen LogP contribution in [0.15, 0.2) is 72.8 Å². The molecule has 1 saturated carbocycles. The zero-order valence-corrected chi connectivity index (χ0v) is 24.2. The summed E-state index contributed by atoms with van der Waals surface area (Å²) in [7, 11) is 0. The second kappa shape index (κ2) is 14.5. The van der Waals surface area contributed by atoms with Crippen molar-refractivity contribution in [2.45, 2.75) is 83.3 Å². The summed E-state index contributed by atoms with van der Waals surface area (Å²) < 4.78 is 0. The molecule has 0 spiro atoms. The van der Waals surface area contributed by atoms with E-state index >= 15 is 0 Å². The Labute approximate surface area is 242 Å². The lowest BCUT2D eigenvalue weighted by atomic mass is 9.94. The largest absolute Gasteiger partial charge is 0.352 e. The Morgan fingerprint density at radius 3 is 2.13 bits per heavy atom. The molecule has 3 aromatic carbocycles. The summed E-state index contributed by atoms with van der Waals surface area (Å²) in [5.41, 5.74) is 4.02. The molecular formula is C33H38Cl2N2O2. The third kappa shape index (κ3) is 8.33. The average Bonchev–Trinajstić information content (AvgIpc) is 2.96. The highest BCUT2D eigenvalue weighted by Gasteiger charge is 2.32. The van der Waals surface area contributed by atoms with E-state index in [0.717, 1.165) is 43.2 Å². The number of carbonyl (C=O) groups excluding carboxylic acids is 2. The van der Waals surface area contributed by atoms with Crippen LogP contribution >= 0.6 is 23.2 Å². The number of carbonyl (C=O) groups is 2. The Bertz CT molecular complexity index is 1200. The van der Waals surface area contributed by atoms with Crippen LogP contribution in [0, 0.1) is 0 Å². The number of aryl methyl sites for hydroxylation is 2. The number of hydrogen-bond donors (Lipinski definition) is 1. The first-order valence-electron chi connectivity index (χ1n) is 14.1. The first-order valence-corrected chi connectivity index (χ1v) is 14.8. The maximum absolute atomic E-state index is 14.0. The molecule has 0 unspecified atom stereocenters. The normalized spacial score (nSPS) is 14.5. The van der Waals surface area contributed by atoms with Crippen molar-refractivity contribution in [3.63, 3.8) is 0 Å². The van der Waals surface area contributed by atoms with Crippen LogP contribution in [0.3, 0.4) is 0 Å². The Balaban J connectivity index is 1.63. The molecule has 1 aliphatic carbocycles. The van der Waals surface area contributed by atoms with Gasteiger partial charge in [-0.3, -0.25) is 9.59 Å². The Morgan fingerprint density at radius 2 is 1.49 bits per heavy atom. The lowest BCUT2D eigenvalue weighted by Gasteiger charge is -2.34. The van der Waals surface area contributed by atoms with E-state index in [4.69, 9.17) is 23.2 Å². The van der Waals surface area contributed by atoms with E-state index in [9.17, 15) is 9.59 Å². The van der Waals surface area contributed by atoms with E-state index in [1.165, 1.54) is 12.0 Å². The third-order valence-electron chi connectivity index (χ3n) is 7.67. The minimum Gasteiger partial charge on any atom is -0.352 e. The summed E-state index contributed by atoms with van der Waals surface area (Å²) in [5, 5.41) is 4.25. The van der Waals surface area contributed by atoms with Crippen molar-refractivity contribution in [2.24, 2.45) is 0 Å². The lowest BCUT2D eigenvalue weighted by molar-refractivity contribution is -0.141. The number of nitrogens with zero attached hydrogens (tertiary/aromatic N) is 1. The maximum atomic E-state index is 14.0. The second-order valence-electron chi connectivity index (χ2n) is 10.4. The summed E-state index contributed by atoms with van der Waals surface area (Å²) >= 11 is 13.1. The molecule has 0 aromatic heterocycles. The molecule has 4 rings (SSSR count). The molecule has 3 aromatic rings. The van der Waals surface area contributed by atoms with Crippen molar-refractivity contribution < 1.29 is 9.59 Å². The highest BCUT2D eigenvalue weighted by molar-refractivity contribution is 6.36. The molecule has 0 aliphatic heterocycles. The zero-order chi connectivity index (χ0) is 27.6. The van der Waals surface area contributed by atoms with Gasteiger partial charge in [0, 0.05) is 41.0 Å². The van der Waals surface area contributed by atoms with E-state index in [1.807, 2.05) is 30.3 Å². The molecule has 6 heteroatoms. The topological polar surface area (TPSA) is 49.4 Å².